The third kappa shape index (κ3) is 3.92. The van der Waals surface area contributed by atoms with Gasteiger partial charge in [-0.3, -0.25) is 14.2 Å². The highest BCUT2D eigenvalue weighted by Crippen LogP contribution is 2.33. The maximum atomic E-state index is 12.4. The minimum atomic E-state index is -0.182. The molecule has 1 aliphatic rings. The van der Waals surface area contributed by atoms with Crippen molar-refractivity contribution in [3.05, 3.63) is 59.0 Å². The number of benzene rings is 1. The second-order valence-electron chi connectivity index (χ2n) is 7.02. The molecule has 0 saturated heterocycles. The first-order valence-corrected chi connectivity index (χ1v) is 9.51. The first-order chi connectivity index (χ1) is 13.5. The lowest BCUT2D eigenvalue weighted by molar-refractivity contribution is 0.0930. The molecule has 0 aliphatic heterocycles. The van der Waals surface area contributed by atoms with E-state index in [9.17, 15) is 4.79 Å². The Balaban J connectivity index is 1.38. The van der Waals surface area contributed by atoms with Crippen molar-refractivity contribution in [1.82, 2.24) is 24.9 Å². The molecule has 1 saturated carbocycles. The summed E-state index contributed by atoms with van der Waals surface area (Å²) in [5, 5.41) is 21.2. The van der Waals surface area contributed by atoms with Crippen LogP contribution in [0.1, 0.15) is 41.9 Å². The van der Waals surface area contributed by atoms with Gasteiger partial charge in [0.25, 0.3) is 5.91 Å². The Kier molecular flexibility index (Phi) is 4.88. The molecule has 1 aromatic carbocycles. The van der Waals surface area contributed by atoms with Crippen LogP contribution in [0.2, 0.25) is 5.02 Å². The number of hydrogen-bond acceptors (Lipinski definition) is 4. The van der Waals surface area contributed by atoms with Gasteiger partial charge < -0.3 is 5.32 Å². The third-order valence-corrected chi connectivity index (χ3v) is 4.94. The second-order valence-corrected chi connectivity index (χ2v) is 7.42. The van der Waals surface area contributed by atoms with Crippen molar-refractivity contribution in [1.29, 1.82) is 5.26 Å². The second kappa shape index (κ2) is 7.49. The van der Waals surface area contributed by atoms with Crippen molar-refractivity contribution < 1.29 is 4.79 Å². The fourth-order valence-electron chi connectivity index (χ4n) is 3.01. The Morgan fingerprint density at radius 2 is 2.14 bits per heavy atom. The van der Waals surface area contributed by atoms with E-state index >= 15 is 0 Å². The summed E-state index contributed by atoms with van der Waals surface area (Å²) in [7, 11) is 0. The van der Waals surface area contributed by atoms with Crippen LogP contribution in [0, 0.1) is 11.3 Å². The van der Waals surface area contributed by atoms with Gasteiger partial charge in [0.05, 0.1) is 28.9 Å². The summed E-state index contributed by atoms with van der Waals surface area (Å²) < 4.78 is 3.64. The molecule has 1 N–H and O–H groups in total. The van der Waals surface area contributed by atoms with Crippen LogP contribution in [-0.4, -0.2) is 31.5 Å². The maximum absolute atomic E-state index is 12.4. The molecule has 1 atom stereocenters. The van der Waals surface area contributed by atoms with E-state index < -0.39 is 0 Å². The van der Waals surface area contributed by atoms with E-state index in [1.165, 1.54) is 0 Å². The highest BCUT2D eigenvalue weighted by molar-refractivity contribution is 6.32. The molecular formula is C20H19ClN6O. The van der Waals surface area contributed by atoms with Gasteiger partial charge >= 0.3 is 0 Å². The first kappa shape index (κ1) is 18.3. The van der Waals surface area contributed by atoms with Gasteiger partial charge in [0.15, 0.2) is 0 Å². The third-order valence-electron chi connectivity index (χ3n) is 4.63. The average Bonchev–Trinajstić information content (AvgIpc) is 3.22. The van der Waals surface area contributed by atoms with Gasteiger partial charge in [-0.1, -0.05) is 17.7 Å². The van der Waals surface area contributed by atoms with Gasteiger partial charge in [0, 0.05) is 24.0 Å². The zero-order chi connectivity index (χ0) is 19.7. The number of hydrogen-bond donors (Lipinski definition) is 1. The summed E-state index contributed by atoms with van der Waals surface area (Å²) in [6, 6.07) is 11.2. The summed E-state index contributed by atoms with van der Waals surface area (Å²) in [6.07, 6.45) is 5.97. The molecule has 1 amide bonds. The molecule has 0 radical (unpaired) electrons. The number of rotatable bonds is 6. The maximum Gasteiger partial charge on any atom is 0.272 e. The highest BCUT2D eigenvalue weighted by atomic mass is 35.5. The summed E-state index contributed by atoms with van der Waals surface area (Å²) >= 11 is 6.10. The van der Waals surface area contributed by atoms with Crippen LogP contribution in [0.15, 0.2) is 42.7 Å². The van der Waals surface area contributed by atoms with Crippen LogP contribution in [0.5, 0.6) is 0 Å². The van der Waals surface area contributed by atoms with E-state index in [1.807, 2.05) is 42.2 Å². The fourth-order valence-corrected chi connectivity index (χ4v) is 3.23. The molecule has 7 nitrogen and oxygen atoms in total. The quantitative estimate of drug-likeness (QED) is 0.693. The highest BCUT2D eigenvalue weighted by Gasteiger charge is 2.25. The zero-order valence-corrected chi connectivity index (χ0v) is 16.1. The Bertz CT molecular complexity index is 1060. The van der Waals surface area contributed by atoms with Crippen molar-refractivity contribution >= 4 is 17.5 Å². The van der Waals surface area contributed by atoms with Crippen LogP contribution >= 0.6 is 11.6 Å². The van der Waals surface area contributed by atoms with Crippen molar-refractivity contribution in [2.75, 3.05) is 0 Å². The Morgan fingerprint density at radius 3 is 2.86 bits per heavy atom. The first-order valence-electron chi connectivity index (χ1n) is 9.13. The molecule has 2 heterocycles. The van der Waals surface area contributed by atoms with E-state index in [0.29, 0.717) is 28.9 Å². The number of halogens is 1. The Labute approximate surface area is 167 Å². The molecule has 142 valence electrons. The summed E-state index contributed by atoms with van der Waals surface area (Å²) in [5.41, 5.74) is 2.47. The van der Waals surface area contributed by atoms with E-state index in [2.05, 4.69) is 15.5 Å². The summed E-state index contributed by atoms with van der Waals surface area (Å²) in [6.45, 7) is 2.45. The van der Waals surface area contributed by atoms with Crippen molar-refractivity contribution in [3.8, 4) is 17.3 Å². The van der Waals surface area contributed by atoms with E-state index in [4.69, 9.17) is 16.9 Å². The molecule has 4 rings (SSSR count). The van der Waals surface area contributed by atoms with Crippen molar-refractivity contribution in [2.45, 2.75) is 38.4 Å². The molecule has 1 fully saturated rings. The standard InChI is InChI=1S/C20H19ClN6O/c1-13(23-20(28)19-7-9-27(25-19)16-4-5-16)12-26-8-6-18(24-26)14-2-3-15(11-22)17(21)10-14/h2-3,6-10,13,16H,4-5,12H2,1H3,(H,23,28). The predicted octanol–water partition coefficient (Wildman–Crippen LogP) is 3.43. The van der Waals surface area contributed by atoms with Gasteiger partial charge in [-0.05, 0) is 44.0 Å². The van der Waals surface area contributed by atoms with E-state index in [1.54, 1.807) is 22.9 Å². The molecule has 8 heteroatoms. The molecule has 3 aromatic rings. The van der Waals surface area contributed by atoms with Crippen molar-refractivity contribution in [3.63, 3.8) is 0 Å². The normalized spacial score (nSPS) is 14.5. The number of amides is 1. The number of nitrogens with one attached hydrogen (secondary N) is 1. The number of carbonyl (C=O) groups is 1. The minimum absolute atomic E-state index is 0.115. The Hall–Kier alpha value is -3.11. The predicted molar refractivity (Wildman–Crippen MR) is 105 cm³/mol. The average molecular weight is 395 g/mol. The lowest BCUT2D eigenvalue weighted by atomic mass is 10.1. The van der Waals surface area contributed by atoms with Gasteiger partial charge in [0.2, 0.25) is 0 Å². The fraction of sp³-hybridized carbons (Fsp3) is 0.300. The monoisotopic (exact) mass is 394 g/mol. The molecule has 2 aromatic heterocycles. The number of nitrogens with zero attached hydrogens (tertiary/aromatic N) is 5. The molecule has 1 aliphatic carbocycles. The van der Waals surface area contributed by atoms with Crippen LogP contribution in [0.3, 0.4) is 0 Å². The van der Waals surface area contributed by atoms with Gasteiger partial charge in [-0.25, -0.2) is 0 Å². The summed E-state index contributed by atoms with van der Waals surface area (Å²) in [4.78, 5) is 12.4. The topological polar surface area (TPSA) is 88.5 Å². The molecule has 0 bridgehead atoms. The van der Waals surface area contributed by atoms with Crippen LogP contribution in [-0.2, 0) is 6.54 Å². The van der Waals surface area contributed by atoms with E-state index in [-0.39, 0.29) is 11.9 Å². The lowest BCUT2D eigenvalue weighted by Crippen LogP contribution is -2.36. The van der Waals surface area contributed by atoms with Crippen LogP contribution in [0.4, 0.5) is 0 Å². The van der Waals surface area contributed by atoms with Gasteiger partial charge in [0.1, 0.15) is 11.8 Å². The number of nitriles is 1. The molecular weight excluding hydrogens is 376 g/mol. The van der Waals surface area contributed by atoms with Crippen LogP contribution < -0.4 is 5.32 Å². The lowest BCUT2D eigenvalue weighted by Gasteiger charge is -2.13. The molecule has 1 unspecified atom stereocenters. The zero-order valence-electron chi connectivity index (χ0n) is 15.3. The molecule has 0 spiro atoms. The largest absolute Gasteiger partial charge is 0.346 e. The number of carbonyl (C=O) groups excluding carboxylic acids is 1. The SMILES string of the molecule is CC(Cn1ccc(-c2ccc(C#N)c(Cl)c2)n1)NC(=O)c1ccn(C2CC2)n1. The smallest absolute Gasteiger partial charge is 0.272 e. The van der Waals surface area contributed by atoms with Gasteiger partial charge in [-0.2, -0.15) is 15.5 Å². The van der Waals surface area contributed by atoms with Crippen molar-refractivity contribution in [2.24, 2.45) is 0 Å². The van der Waals surface area contributed by atoms with Crippen LogP contribution in [0.25, 0.3) is 11.3 Å². The minimum Gasteiger partial charge on any atom is -0.346 e. The van der Waals surface area contributed by atoms with Gasteiger partial charge in [-0.15, -0.1) is 0 Å². The Morgan fingerprint density at radius 1 is 1.32 bits per heavy atom. The number of aromatic nitrogens is 4. The van der Waals surface area contributed by atoms with E-state index in [0.717, 1.165) is 24.1 Å². The summed E-state index contributed by atoms with van der Waals surface area (Å²) in [5.74, 6) is -0.182. The molecule has 28 heavy (non-hydrogen) atoms.